The van der Waals surface area contributed by atoms with Crippen LogP contribution in [0, 0.1) is 0 Å². The van der Waals surface area contributed by atoms with Crippen LogP contribution in [0.2, 0.25) is 0 Å². The fourth-order valence-corrected chi connectivity index (χ4v) is 3.95. The number of rotatable bonds is 2. The Morgan fingerprint density at radius 1 is 1.14 bits per heavy atom. The van der Waals surface area contributed by atoms with E-state index in [-0.39, 0.29) is 0 Å². The Labute approximate surface area is 130 Å². The highest BCUT2D eigenvalue weighted by atomic mass is 32.1. The fraction of sp³-hybridized carbons (Fsp3) is 0.562. The topological polar surface area (TPSA) is 39.6 Å². The number of aromatic hydroxyl groups is 1. The third-order valence-electron chi connectivity index (χ3n) is 4.11. The van der Waals surface area contributed by atoms with Crippen molar-refractivity contribution in [2.75, 3.05) is 31.1 Å². The summed E-state index contributed by atoms with van der Waals surface area (Å²) in [7, 11) is 0. The molecule has 0 spiro atoms. The molecule has 1 aliphatic heterocycles. The molecule has 1 aliphatic rings. The van der Waals surface area contributed by atoms with E-state index < -0.39 is 0 Å². The molecule has 1 aromatic carbocycles. The van der Waals surface area contributed by atoms with Gasteiger partial charge in [0.05, 0.1) is 10.2 Å². The van der Waals surface area contributed by atoms with Gasteiger partial charge in [-0.2, -0.15) is 0 Å². The summed E-state index contributed by atoms with van der Waals surface area (Å²) >= 11 is 1.68. The summed E-state index contributed by atoms with van der Waals surface area (Å²) in [6.07, 6.45) is 2.36. The molecule has 0 unspecified atom stereocenters. The minimum absolute atomic E-state index is 0.318. The molecule has 2 aromatic rings. The van der Waals surface area contributed by atoms with E-state index >= 15 is 0 Å². The summed E-state index contributed by atoms with van der Waals surface area (Å²) in [6, 6.07) is 6.05. The normalized spacial score (nSPS) is 18.1. The molecule has 1 fully saturated rings. The first-order valence-electron chi connectivity index (χ1n) is 7.72. The second-order valence-electron chi connectivity index (χ2n) is 5.97. The van der Waals surface area contributed by atoms with Crippen LogP contribution >= 0.6 is 11.3 Å². The summed E-state index contributed by atoms with van der Waals surface area (Å²) < 4.78 is 1.07. The minimum atomic E-state index is 0.318. The quantitative estimate of drug-likeness (QED) is 0.924. The highest BCUT2D eigenvalue weighted by Gasteiger charge is 2.17. The highest BCUT2D eigenvalue weighted by Crippen LogP contribution is 2.31. The molecule has 0 bridgehead atoms. The van der Waals surface area contributed by atoms with Crippen molar-refractivity contribution >= 4 is 26.7 Å². The smallest absolute Gasteiger partial charge is 0.186 e. The summed E-state index contributed by atoms with van der Waals surface area (Å²) in [4.78, 5) is 9.69. The lowest BCUT2D eigenvalue weighted by molar-refractivity contribution is 0.211. The van der Waals surface area contributed by atoms with E-state index in [0.717, 1.165) is 28.4 Å². The molecular formula is C16H23N3OS. The number of anilines is 1. The zero-order valence-corrected chi connectivity index (χ0v) is 13.6. The van der Waals surface area contributed by atoms with Gasteiger partial charge in [0.2, 0.25) is 0 Å². The Kier molecular flexibility index (Phi) is 4.31. The summed E-state index contributed by atoms with van der Waals surface area (Å²) in [6.45, 7) is 9.02. The Bertz CT molecular complexity index is 601. The number of fused-ring (bicyclic) bond motifs is 1. The van der Waals surface area contributed by atoms with E-state index in [4.69, 9.17) is 4.98 Å². The van der Waals surface area contributed by atoms with Gasteiger partial charge in [0.25, 0.3) is 0 Å². The number of phenolic OH excluding ortho intramolecular Hbond substituents is 1. The zero-order chi connectivity index (χ0) is 14.8. The number of nitrogens with zero attached hydrogens (tertiary/aromatic N) is 3. The van der Waals surface area contributed by atoms with Gasteiger partial charge in [-0.05, 0) is 44.9 Å². The van der Waals surface area contributed by atoms with E-state index in [9.17, 15) is 5.11 Å². The molecule has 0 amide bonds. The summed E-state index contributed by atoms with van der Waals surface area (Å²) in [5.41, 5.74) is 0.985. The van der Waals surface area contributed by atoms with Crippen LogP contribution in [0.25, 0.3) is 10.2 Å². The maximum atomic E-state index is 9.57. The highest BCUT2D eigenvalue weighted by molar-refractivity contribution is 7.22. The first-order chi connectivity index (χ1) is 10.1. The average Bonchev–Trinajstić information content (AvgIpc) is 2.80. The van der Waals surface area contributed by atoms with Crippen molar-refractivity contribution in [3.05, 3.63) is 18.2 Å². The minimum Gasteiger partial charge on any atom is -0.508 e. The van der Waals surface area contributed by atoms with Gasteiger partial charge in [-0.1, -0.05) is 11.3 Å². The monoisotopic (exact) mass is 305 g/mol. The Hall–Kier alpha value is -1.33. The van der Waals surface area contributed by atoms with Crippen molar-refractivity contribution < 1.29 is 5.11 Å². The van der Waals surface area contributed by atoms with Gasteiger partial charge < -0.3 is 14.9 Å². The molecule has 4 nitrogen and oxygen atoms in total. The van der Waals surface area contributed by atoms with Gasteiger partial charge in [0.1, 0.15) is 5.75 Å². The van der Waals surface area contributed by atoms with Crippen molar-refractivity contribution in [3.8, 4) is 5.75 Å². The van der Waals surface area contributed by atoms with Crippen LogP contribution in [0.1, 0.15) is 26.7 Å². The van der Waals surface area contributed by atoms with E-state index in [0.29, 0.717) is 11.8 Å². The molecule has 1 aromatic heterocycles. The second-order valence-corrected chi connectivity index (χ2v) is 6.98. The summed E-state index contributed by atoms with van der Waals surface area (Å²) in [5.74, 6) is 0.318. The lowest BCUT2D eigenvalue weighted by Crippen LogP contribution is -2.39. The second kappa shape index (κ2) is 6.20. The molecule has 0 aliphatic carbocycles. The van der Waals surface area contributed by atoms with E-state index in [2.05, 4.69) is 23.6 Å². The van der Waals surface area contributed by atoms with E-state index in [1.165, 1.54) is 25.9 Å². The molecule has 3 rings (SSSR count). The summed E-state index contributed by atoms with van der Waals surface area (Å²) in [5, 5.41) is 10.7. The number of benzene rings is 1. The van der Waals surface area contributed by atoms with Crippen molar-refractivity contribution in [1.82, 2.24) is 9.88 Å². The van der Waals surface area contributed by atoms with Crippen LogP contribution in [0.4, 0.5) is 5.13 Å². The molecule has 2 heterocycles. The van der Waals surface area contributed by atoms with Crippen LogP contribution in [0.3, 0.4) is 0 Å². The van der Waals surface area contributed by atoms with E-state index in [1.54, 1.807) is 23.5 Å². The van der Waals surface area contributed by atoms with Gasteiger partial charge in [-0.25, -0.2) is 4.98 Å². The third-order valence-corrected chi connectivity index (χ3v) is 5.19. The van der Waals surface area contributed by atoms with Crippen molar-refractivity contribution in [3.63, 3.8) is 0 Å². The average molecular weight is 305 g/mol. The predicted molar refractivity (Wildman–Crippen MR) is 89.4 cm³/mol. The molecule has 1 N–H and O–H groups in total. The predicted octanol–water partition coefficient (Wildman–Crippen LogP) is 3.31. The Morgan fingerprint density at radius 2 is 1.86 bits per heavy atom. The van der Waals surface area contributed by atoms with Crippen LogP contribution in [0.15, 0.2) is 18.2 Å². The number of aromatic nitrogens is 1. The lowest BCUT2D eigenvalue weighted by Gasteiger charge is -2.32. The Morgan fingerprint density at radius 3 is 2.52 bits per heavy atom. The number of thiazole rings is 1. The molecule has 21 heavy (non-hydrogen) atoms. The molecule has 0 radical (unpaired) electrons. The molecule has 1 saturated heterocycles. The number of hydrogen-bond acceptors (Lipinski definition) is 5. The standard InChI is InChI=1S/C16H23N3OS/c1-12(2)18-7-3-9-19(10-4-8-18)16-17-14-6-5-13(20)11-15(14)21-16/h5-6,11-12,20H,3-4,7-10H2,1-2H3. The van der Waals surface area contributed by atoms with Crippen molar-refractivity contribution in [2.24, 2.45) is 0 Å². The number of hydrogen-bond donors (Lipinski definition) is 1. The SMILES string of the molecule is CC(C)N1CCCN(c2nc3ccc(O)cc3s2)CCC1. The first kappa shape index (κ1) is 14.6. The van der Waals surface area contributed by atoms with Crippen LogP contribution in [-0.4, -0.2) is 47.2 Å². The van der Waals surface area contributed by atoms with Crippen molar-refractivity contribution in [1.29, 1.82) is 0 Å². The molecule has 0 saturated carbocycles. The van der Waals surface area contributed by atoms with Crippen LogP contribution in [0.5, 0.6) is 5.75 Å². The molecule has 5 heteroatoms. The molecule has 114 valence electrons. The molecule has 0 atom stereocenters. The van der Waals surface area contributed by atoms with Crippen LogP contribution in [-0.2, 0) is 0 Å². The van der Waals surface area contributed by atoms with Crippen molar-refractivity contribution in [2.45, 2.75) is 32.7 Å². The van der Waals surface area contributed by atoms with Gasteiger partial charge in [-0.3, -0.25) is 0 Å². The lowest BCUT2D eigenvalue weighted by atomic mass is 10.2. The van der Waals surface area contributed by atoms with E-state index in [1.807, 2.05) is 6.07 Å². The fourth-order valence-electron chi connectivity index (χ4n) is 2.90. The zero-order valence-electron chi connectivity index (χ0n) is 12.7. The maximum absolute atomic E-state index is 9.57. The third kappa shape index (κ3) is 3.30. The first-order valence-corrected chi connectivity index (χ1v) is 8.54. The van der Waals surface area contributed by atoms with Gasteiger partial charge in [-0.15, -0.1) is 0 Å². The van der Waals surface area contributed by atoms with Gasteiger partial charge in [0.15, 0.2) is 5.13 Å². The van der Waals surface area contributed by atoms with Gasteiger partial charge in [0, 0.05) is 32.2 Å². The number of phenols is 1. The Balaban J connectivity index is 1.73. The van der Waals surface area contributed by atoms with Crippen LogP contribution < -0.4 is 4.90 Å². The molecular weight excluding hydrogens is 282 g/mol. The maximum Gasteiger partial charge on any atom is 0.186 e. The van der Waals surface area contributed by atoms with Gasteiger partial charge >= 0.3 is 0 Å². The largest absolute Gasteiger partial charge is 0.508 e.